The number of carbonyl (C=O) groups excluding carboxylic acids is 5. The first-order valence-corrected chi connectivity index (χ1v) is 16.5. The number of nitrogens with one attached hydrogen (secondary N) is 4. The third-order valence-corrected chi connectivity index (χ3v) is 9.46. The molecule has 2 saturated carbocycles. The summed E-state index contributed by atoms with van der Waals surface area (Å²) in [5.41, 5.74) is 0.873. The minimum absolute atomic E-state index is 0.0326. The Morgan fingerprint density at radius 1 is 0.795 bits per heavy atom. The van der Waals surface area contributed by atoms with Crippen molar-refractivity contribution in [1.82, 2.24) is 26.3 Å². The summed E-state index contributed by atoms with van der Waals surface area (Å²) in [6.45, 7) is 0.570. The highest BCUT2D eigenvalue weighted by Crippen LogP contribution is 2.28. The maximum absolute atomic E-state index is 13.9. The van der Waals surface area contributed by atoms with Gasteiger partial charge in [0.15, 0.2) is 0 Å². The highest BCUT2D eigenvalue weighted by Gasteiger charge is 2.36. The van der Waals surface area contributed by atoms with Crippen LogP contribution in [0.4, 0.5) is 0 Å². The summed E-state index contributed by atoms with van der Waals surface area (Å²) >= 11 is 0. The Kier molecular flexibility index (Phi) is 11.0. The Balaban J connectivity index is 1.33. The molecule has 3 aliphatic rings. The van der Waals surface area contributed by atoms with E-state index in [1.165, 1.54) is 0 Å². The molecule has 2 aromatic rings. The SMILES string of the molecule is O=C(NC1CCCCC1)C(=O)[C@H](C[C@@H]1CCCNC1=O)NC(=O)[C@H](CC1CCCCC1)NC(=O)c1ccc2ccccc2n1. The molecule has 2 aliphatic carbocycles. The molecule has 1 aromatic heterocycles. The number of nitrogens with zero attached hydrogens (tertiary/aromatic N) is 1. The zero-order valence-corrected chi connectivity index (χ0v) is 25.4. The highest BCUT2D eigenvalue weighted by molar-refractivity contribution is 6.38. The number of Topliss-reactive ketones (excluding diaryl/α,β-unsaturated/α-hetero) is 1. The van der Waals surface area contributed by atoms with E-state index in [9.17, 15) is 24.0 Å². The van der Waals surface area contributed by atoms with Crippen LogP contribution in [0.1, 0.15) is 100 Å². The van der Waals surface area contributed by atoms with Gasteiger partial charge in [0.25, 0.3) is 11.8 Å². The summed E-state index contributed by atoms with van der Waals surface area (Å²) < 4.78 is 0. The molecule has 3 fully saturated rings. The molecule has 44 heavy (non-hydrogen) atoms. The maximum atomic E-state index is 13.9. The van der Waals surface area contributed by atoms with E-state index in [4.69, 9.17) is 0 Å². The minimum atomic E-state index is -1.18. The van der Waals surface area contributed by atoms with Crippen LogP contribution in [-0.4, -0.2) is 59.1 Å². The second-order valence-electron chi connectivity index (χ2n) is 12.8. The van der Waals surface area contributed by atoms with Crippen LogP contribution < -0.4 is 21.3 Å². The van der Waals surface area contributed by atoms with E-state index in [0.717, 1.165) is 76.0 Å². The smallest absolute Gasteiger partial charge is 0.289 e. The van der Waals surface area contributed by atoms with Crippen molar-refractivity contribution in [1.29, 1.82) is 0 Å². The van der Waals surface area contributed by atoms with Gasteiger partial charge in [-0.3, -0.25) is 24.0 Å². The molecule has 10 heteroatoms. The molecule has 4 amide bonds. The van der Waals surface area contributed by atoms with E-state index in [1.54, 1.807) is 6.07 Å². The van der Waals surface area contributed by atoms with E-state index in [-0.39, 0.29) is 30.0 Å². The van der Waals surface area contributed by atoms with E-state index in [1.807, 2.05) is 30.3 Å². The van der Waals surface area contributed by atoms with Crippen LogP contribution >= 0.6 is 0 Å². The second-order valence-corrected chi connectivity index (χ2v) is 12.8. The first-order chi connectivity index (χ1) is 21.4. The molecular weight excluding hydrogens is 558 g/mol. The van der Waals surface area contributed by atoms with Gasteiger partial charge in [0.05, 0.1) is 11.6 Å². The van der Waals surface area contributed by atoms with Gasteiger partial charge in [0.2, 0.25) is 17.6 Å². The molecule has 0 bridgehead atoms. The van der Waals surface area contributed by atoms with E-state index < -0.39 is 41.5 Å². The lowest BCUT2D eigenvalue weighted by molar-refractivity contribution is -0.141. The van der Waals surface area contributed by atoms with Crippen molar-refractivity contribution in [2.75, 3.05) is 6.54 Å². The molecule has 10 nitrogen and oxygen atoms in total. The third kappa shape index (κ3) is 8.42. The van der Waals surface area contributed by atoms with Gasteiger partial charge in [0.1, 0.15) is 11.7 Å². The number of aromatic nitrogens is 1. The Morgan fingerprint density at radius 2 is 1.52 bits per heavy atom. The van der Waals surface area contributed by atoms with Crippen LogP contribution in [0.5, 0.6) is 0 Å². The van der Waals surface area contributed by atoms with Gasteiger partial charge in [-0.25, -0.2) is 4.98 Å². The molecule has 236 valence electrons. The topological polar surface area (TPSA) is 146 Å². The Morgan fingerprint density at radius 3 is 2.27 bits per heavy atom. The molecule has 3 atom stereocenters. The molecule has 0 unspecified atom stereocenters. The van der Waals surface area contributed by atoms with Crippen LogP contribution in [0.15, 0.2) is 36.4 Å². The summed E-state index contributed by atoms with van der Waals surface area (Å²) in [7, 11) is 0. The number of hydrogen-bond donors (Lipinski definition) is 4. The second kappa shape index (κ2) is 15.3. The molecule has 1 aromatic carbocycles. The number of piperidine rings is 1. The number of amides is 4. The molecule has 5 rings (SSSR count). The fourth-order valence-electron chi connectivity index (χ4n) is 6.92. The summed E-state index contributed by atoms with van der Waals surface area (Å²) in [6.07, 6.45) is 11.7. The van der Waals surface area contributed by atoms with Crippen LogP contribution in [-0.2, 0) is 19.2 Å². The molecule has 1 saturated heterocycles. The van der Waals surface area contributed by atoms with Crippen LogP contribution in [0.3, 0.4) is 0 Å². The number of pyridine rings is 1. The summed E-state index contributed by atoms with van der Waals surface area (Å²) in [5, 5.41) is 12.3. The molecule has 2 heterocycles. The van der Waals surface area contributed by atoms with Crippen molar-refractivity contribution >= 4 is 40.3 Å². The quantitative estimate of drug-likeness (QED) is 0.288. The monoisotopic (exact) mass is 603 g/mol. The fraction of sp³-hybridized carbons (Fsp3) is 0.588. The molecular formula is C34H45N5O5. The van der Waals surface area contributed by atoms with Crippen molar-refractivity contribution in [3.05, 3.63) is 42.1 Å². The predicted molar refractivity (Wildman–Crippen MR) is 166 cm³/mol. The standard InChI is InChI=1S/C34H45N5O5/c40-30(34(44)36-25-14-5-2-6-15-25)28(21-24-13-9-19-35-31(24)41)38-33(43)29(20-22-10-3-1-4-11-22)39-32(42)27-18-17-23-12-7-8-16-26(23)37-27/h7-8,12,16-18,22,24-25,28-29H,1-6,9-11,13-15,19-21H2,(H,35,41)(H,36,44)(H,38,43)(H,39,42)/t24-,28-,29-/m0/s1. The minimum Gasteiger partial charge on any atom is -0.356 e. The van der Waals surface area contributed by atoms with Crippen LogP contribution in [0.25, 0.3) is 10.9 Å². The normalized spacial score (nSPS) is 21.1. The van der Waals surface area contributed by atoms with E-state index in [2.05, 4.69) is 26.3 Å². The van der Waals surface area contributed by atoms with Gasteiger partial charge in [0, 0.05) is 23.9 Å². The van der Waals surface area contributed by atoms with Crippen LogP contribution in [0, 0.1) is 11.8 Å². The number of hydrogen-bond acceptors (Lipinski definition) is 6. The number of fused-ring (bicyclic) bond motifs is 1. The van der Waals surface area contributed by atoms with Crippen LogP contribution in [0.2, 0.25) is 0 Å². The van der Waals surface area contributed by atoms with Crippen molar-refractivity contribution in [2.24, 2.45) is 11.8 Å². The predicted octanol–water partition coefficient (Wildman–Crippen LogP) is 3.72. The molecule has 0 radical (unpaired) electrons. The Bertz CT molecular complexity index is 1350. The zero-order valence-electron chi connectivity index (χ0n) is 25.4. The Hall–Kier alpha value is -3.82. The number of para-hydroxylation sites is 1. The van der Waals surface area contributed by atoms with Gasteiger partial charge in [-0.1, -0.05) is 75.6 Å². The highest BCUT2D eigenvalue weighted by atomic mass is 16.2. The first kappa shape index (κ1) is 31.6. The number of carbonyl (C=O) groups is 5. The van der Waals surface area contributed by atoms with Gasteiger partial charge < -0.3 is 21.3 Å². The average Bonchev–Trinajstić information content (AvgIpc) is 3.05. The van der Waals surface area contributed by atoms with Gasteiger partial charge >= 0.3 is 0 Å². The first-order valence-electron chi connectivity index (χ1n) is 16.5. The molecule has 1 aliphatic heterocycles. The largest absolute Gasteiger partial charge is 0.356 e. The lowest BCUT2D eigenvalue weighted by Crippen LogP contribution is -2.56. The molecule has 4 N–H and O–H groups in total. The van der Waals surface area contributed by atoms with E-state index in [0.29, 0.717) is 24.9 Å². The van der Waals surface area contributed by atoms with Gasteiger partial charge in [-0.05, 0) is 56.6 Å². The maximum Gasteiger partial charge on any atom is 0.289 e. The Labute approximate surface area is 258 Å². The summed E-state index contributed by atoms with van der Waals surface area (Å²) in [6, 6.07) is 8.79. The number of rotatable bonds is 11. The van der Waals surface area contributed by atoms with Gasteiger partial charge in [-0.15, -0.1) is 0 Å². The van der Waals surface area contributed by atoms with Crippen molar-refractivity contribution in [3.8, 4) is 0 Å². The zero-order chi connectivity index (χ0) is 30.9. The van der Waals surface area contributed by atoms with Gasteiger partial charge in [-0.2, -0.15) is 0 Å². The lowest BCUT2D eigenvalue weighted by atomic mass is 9.84. The average molecular weight is 604 g/mol. The van der Waals surface area contributed by atoms with Crippen molar-refractivity contribution in [2.45, 2.75) is 108 Å². The summed E-state index contributed by atoms with van der Waals surface area (Å²) in [5.74, 6) is -2.90. The number of benzene rings is 1. The fourth-order valence-corrected chi connectivity index (χ4v) is 6.92. The number of ketones is 1. The lowest BCUT2D eigenvalue weighted by Gasteiger charge is -2.30. The summed E-state index contributed by atoms with van der Waals surface area (Å²) in [4.78, 5) is 71.1. The van der Waals surface area contributed by atoms with Crippen molar-refractivity contribution in [3.63, 3.8) is 0 Å². The third-order valence-electron chi connectivity index (χ3n) is 9.46. The van der Waals surface area contributed by atoms with Crippen molar-refractivity contribution < 1.29 is 24.0 Å². The molecule has 0 spiro atoms. The van der Waals surface area contributed by atoms with E-state index >= 15 is 0 Å².